The number of nitrogens with zero attached hydrogens (tertiary/aromatic N) is 1. The highest BCUT2D eigenvalue weighted by molar-refractivity contribution is 6.04. The maximum atomic E-state index is 12.6. The smallest absolute Gasteiger partial charge is 0.255 e. The maximum absolute atomic E-state index is 12.6. The fourth-order valence-electron chi connectivity index (χ4n) is 3.99. The normalized spacial score (nSPS) is 16.1. The summed E-state index contributed by atoms with van der Waals surface area (Å²) >= 11 is 0. The van der Waals surface area contributed by atoms with E-state index in [0.717, 1.165) is 24.8 Å². The number of nitrogens with two attached hydrogens (primary N) is 1. The number of carbonyl (C=O) groups excluding carboxylic acids is 2. The molecule has 1 unspecified atom stereocenters. The SMILES string of the molecule is NC(CC(=O)N[C@@H]1CCCc2ccccc21)c1ccc(C(=O)Nc2ccncc2)cc1. The summed E-state index contributed by atoms with van der Waals surface area (Å²) in [5.74, 6) is -0.270. The van der Waals surface area contributed by atoms with Gasteiger partial charge in [-0.3, -0.25) is 14.6 Å². The summed E-state index contributed by atoms with van der Waals surface area (Å²) < 4.78 is 0. The van der Waals surface area contributed by atoms with Crippen molar-refractivity contribution in [2.24, 2.45) is 5.73 Å². The number of rotatable bonds is 6. The zero-order valence-electron chi connectivity index (χ0n) is 17.3. The first-order valence-corrected chi connectivity index (χ1v) is 10.5. The van der Waals surface area contributed by atoms with E-state index in [1.807, 2.05) is 12.1 Å². The zero-order chi connectivity index (χ0) is 21.6. The molecule has 2 amide bonds. The van der Waals surface area contributed by atoms with E-state index < -0.39 is 6.04 Å². The molecule has 3 aromatic rings. The average molecular weight is 415 g/mol. The van der Waals surface area contributed by atoms with E-state index in [2.05, 4.69) is 27.8 Å². The molecule has 31 heavy (non-hydrogen) atoms. The van der Waals surface area contributed by atoms with Crippen molar-refractivity contribution < 1.29 is 9.59 Å². The molecule has 158 valence electrons. The monoisotopic (exact) mass is 414 g/mol. The highest BCUT2D eigenvalue weighted by atomic mass is 16.2. The Hall–Kier alpha value is -3.51. The van der Waals surface area contributed by atoms with Crippen LogP contribution in [0.4, 0.5) is 5.69 Å². The zero-order valence-corrected chi connectivity index (χ0v) is 17.3. The highest BCUT2D eigenvalue weighted by Gasteiger charge is 2.22. The number of fused-ring (bicyclic) bond motifs is 1. The van der Waals surface area contributed by atoms with Crippen molar-refractivity contribution in [3.63, 3.8) is 0 Å². The van der Waals surface area contributed by atoms with Gasteiger partial charge in [-0.15, -0.1) is 0 Å². The van der Waals surface area contributed by atoms with Crippen molar-refractivity contribution in [2.75, 3.05) is 5.32 Å². The van der Waals surface area contributed by atoms with Gasteiger partial charge in [0.1, 0.15) is 0 Å². The summed E-state index contributed by atoms with van der Waals surface area (Å²) in [6, 6.07) is 18.4. The third kappa shape index (κ3) is 5.16. The minimum absolute atomic E-state index is 0.0453. The summed E-state index contributed by atoms with van der Waals surface area (Å²) in [6.45, 7) is 0. The first-order valence-electron chi connectivity index (χ1n) is 10.5. The summed E-state index contributed by atoms with van der Waals surface area (Å²) in [5.41, 5.74) is 10.8. The summed E-state index contributed by atoms with van der Waals surface area (Å²) in [6.07, 6.45) is 6.50. The van der Waals surface area contributed by atoms with Gasteiger partial charge < -0.3 is 16.4 Å². The van der Waals surface area contributed by atoms with Gasteiger partial charge in [-0.1, -0.05) is 36.4 Å². The molecule has 4 rings (SSSR count). The van der Waals surface area contributed by atoms with E-state index in [9.17, 15) is 9.59 Å². The van der Waals surface area contributed by atoms with Gasteiger partial charge in [0.15, 0.2) is 0 Å². The lowest BCUT2D eigenvalue weighted by atomic mass is 9.87. The molecular weight excluding hydrogens is 388 g/mol. The molecule has 0 bridgehead atoms. The molecule has 2 aromatic carbocycles. The van der Waals surface area contributed by atoms with Gasteiger partial charge in [0.2, 0.25) is 5.91 Å². The van der Waals surface area contributed by atoms with Gasteiger partial charge >= 0.3 is 0 Å². The number of nitrogens with one attached hydrogen (secondary N) is 2. The Labute approximate surface area is 181 Å². The van der Waals surface area contributed by atoms with Crippen molar-refractivity contribution in [2.45, 2.75) is 37.8 Å². The first-order chi connectivity index (χ1) is 15.1. The van der Waals surface area contributed by atoms with Gasteiger partial charge in [-0.25, -0.2) is 0 Å². The quantitative estimate of drug-likeness (QED) is 0.569. The van der Waals surface area contributed by atoms with Crippen LogP contribution in [0.2, 0.25) is 0 Å². The van der Waals surface area contributed by atoms with Crippen LogP contribution in [0.5, 0.6) is 0 Å². The molecule has 1 aliphatic carbocycles. The van der Waals surface area contributed by atoms with Crippen LogP contribution < -0.4 is 16.4 Å². The van der Waals surface area contributed by atoms with Crippen molar-refractivity contribution >= 4 is 17.5 Å². The molecule has 2 atom stereocenters. The van der Waals surface area contributed by atoms with E-state index in [-0.39, 0.29) is 24.3 Å². The summed E-state index contributed by atoms with van der Waals surface area (Å²) in [4.78, 5) is 28.9. The van der Waals surface area contributed by atoms with Crippen LogP contribution >= 0.6 is 0 Å². The lowest BCUT2D eigenvalue weighted by molar-refractivity contribution is -0.122. The van der Waals surface area contributed by atoms with Crippen LogP contribution in [-0.2, 0) is 11.2 Å². The molecule has 0 saturated heterocycles. The van der Waals surface area contributed by atoms with E-state index in [0.29, 0.717) is 11.3 Å². The van der Waals surface area contributed by atoms with Crippen LogP contribution in [0.15, 0.2) is 73.1 Å². The molecule has 0 saturated carbocycles. The average Bonchev–Trinajstić information content (AvgIpc) is 2.80. The van der Waals surface area contributed by atoms with E-state index >= 15 is 0 Å². The van der Waals surface area contributed by atoms with Crippen LogP contribution in [0.3, 0.4) is 0 Å². The lowest BCUT2D eigenvalue weighted by Crippen LogP contribution is -2.33. The maximum Gasteiger partial charge on any atom is 0.255 e. The number of pyridine rings is 1. The molecule has 1 aliphatic rings. The van der Waals surface area contributed by atoms with Crippen molar-refractivity contribution in [1.29, 1.82) is 0 Å². The Balaban J connectivity index is 1.34. The Morgan fingerprint density at radius 1 is 1.03 bits per heavy atom. The molecular formula is C25H26N4O2. The largest absolute Gasteiger partial charge is 0.349 e. The van der Waals surface area contributed by atoms with Gasteiger partial charge in [0.25, 0.3) is 5.91 Å². The summed E-state index contributed by atoms with van der Waals surface area (Å²) in [7, 11) is 0. The van der Waals surface area contributed by atoms with Crippen LogP contribution in [0.1, 0.15) is 58.4 Å². The Morgan fingerprint density at radius 3 is 2.55 bits per heavy atom. The Bertz CT molecular complexity index is 1050. The van der Waals surface area contributed by atoms with Gasteiger partial charge in [0, 0.05) is 36.1 Å². The predicted molar refractivity (Wildman–Crippen MR) is 120 cm³/mol. The number of aryl methyl sites for hydroxylation is 1. The van der Waals surface area contributed by atoms with E-state index in [4.69, 9.17) is 5.73 Å². The van der Waals surface area contributed by atoms with Crippen LogP contribution in [0.25, 0.3) is 0 Å². The second-order valence-corrected chi connectivity index (χ2v) is 7.83. The highest BCUT2D eigenvalue weighted by Crippen LogP contribution is 2.29. The third-order valence-electron chi connectivity index (χ3n) is 5.65. The topological polar surface area (TPSA) is 97.1 Å². The fourth-order valence-corrected chi connectivity index (χ4v) is 3.99. The number of carbonyl (C=O) groups is 2. The molecule has 1 heterocycles. The third-order valence-corrected chi connectivity index (χ3v) is 5.65. The standard InChI is InChI=1S/C25H26N4O2/c26-22(16-24(30)29-23-7-3-5-17-4-1-2-6-21(17)23)18-8-10-19(11-9-18)25(31)28-20-12-14-27-15-13-20/h1-2,4,6,8-15,22-23H,3,5,7,16,26H2,(H,29,30)(H,27,28,31)/t22?,23-/m1/s1. The van der Waals surface area contributed by atoms with Gasteiger partial charge in [0.05, 0.1) is 6.04 Å². The number of hydrogen-bond donors (Lipinski definition) is 3. The number of hydrogen-bond acceptors (Lipinski definition) is 4. The number of anilines is 1. The number of aromatic nitrogens is 1. The van der Waals surface area contributed by atoms with E-state index in [1.165, 1.54) is 11.1 Å². The Morgan fingerprint density at radius 2 is 1.77 bits per heavy atom. The lowest BCUT2D eigenvalue weighted by Gasteiger charge is -2.27. The predicted octanol–water partition coefficient (Wildman–Crippen LogP) is 3.92. The van der Waals surface area contributed by atoms with Crippen molar-refractivity contribution in [3.8, 4) is 0 Å². The second kappa shape index (κ2) is 9.53. The minimum Gasteiger partial charge on any atom is -0.349 e. The molecule has 6 heteroatoms. The molecule has 0 spiro atoms. The van der Waals surface area contributed by atoms with Crippen LogP contribution in [0, 0.1) is 0 Å². The van der Waals surface area contributed by atoms with Crippen molar-refractivity contribution in [1.82, 2.24) is 10.3 Å². The van der Waals surface area contributed by atoms with Crippen LogP contribution in [-0.4, -0.2) is 16.8 Å². The molecule has 0 fully saturated rings. The molecule has 1 aromatic heterocycles. The second-order valence-electron chi connectivity index (χ2n) is 7.83. The van der Waals surface area contributed by atoms with Gasteiger partial charge in [-0.05, 0) is 60.2 Å². The number of amides is 2. The molecule has 0 aliphatic heterocycles. The number of benzene rings is 2. The first kappa shape index (κ1) is 20.8. The molecule has 4 N–H and O–H groups in total. The molecule has 0 radical (unpaired) electrons. The van der Waals surface area contributed by atoms with E-state index in [1.54, 1.807) is 48.8 Å². The summed E-state index contributed by atoms with van der Waals surface area (Å²) in [5, 5.41) is 5.96. The minimum atomic E-state index is -0.434. The molecule has 6 nitrogen and oxygen atoms in total. The Kier molecular flexibility index (Phi) is 6.38. The van der Waals surface area contributed by atoms with Gasteiger partial charge in [-0.2, -0.15) is 0 Å². The van der Waals surface area contributed by atoms with Crippen molar-refractivity contribution in [3.05, 3.63) is 95.3 Å². The fraction of sp³-hybridized carbons (Fsp3) is 0.240.